The number of hydrogen-bond donors (Lipinski definition) is 2. The van der Waals surface area contributed by atoms with Gasteiger partial charge < -0.3 is 15.8 Å². The van der Waals surface area contributed by atoms with Gasteiger partial charge in [-0.2, -0.15) is 0 Å². The van der Waals surface area contributed by atoms with Crippen LogP contribution in [-0.4, -0.2) is 18.6 Å². The van der Waals surface area contributed by atoms with Crippen molar-refractivity contribution < 1.29 is 9.53 Å². The van der Waals surface area contributed by atoms with Gasteiger partial charge in [-0.05, 0) is 49.9 Å². The Balaban J connectivity index is 2.41. The number of nitrogens with two attached hydrogens (primary N) is 1. The van der Waals surface area contributed by atoms with Gasteiger partial charge in [0.25, 0.3) is 5.91 Å². The molecule has 4 nitrogen and oxygen atoms in total. The van der Waals surface area contributed by atoms with Crippen LogP contribution in [0.2, 0.25) is 0 Å². The molecule has 0 bridgehead atoms. The van der Waals surface area contributed by atoms with Gasteiger partial charge in [0.05, 0.1) is 0 Å². The van der Waals surface area contributed by atoms with Crippen molar-refractivity contribution in [2.45, 2.75) is 39.7 Å². The van der Waals surface area contributed by atoms with Gasteiger partial charge in [0.1, 0.15) is 5.75 Å². The second-order valence-electron chi connectivity index (χ2n) is 5.30. The van der Waals surface area contributed by atoms with Crippen LogP contribution in [0.25, 0.3) is 0 Å². The Bertz CT molecular complexity index is 388. The predicted molar refractivity (Wildman–Crippen MR) is 78.3 cm³/mol. The number of primary amides is 1. The summed E-state index contributed by atoms with van der Waals surface area (Å²) in [7, 11) is 0. The molecule has 0 fully saturated rings. The van der Waals surface area contributed by atoms with Crippen molar-refractivity contribution in [1.29, 1.82) is 0 Å². The van der Waals surface area contributed by atoms with Crippen LogP contribution in [0, 0.1) is 5.92 Å². The second kappa shape index (κ2) is 7.67. The topological polar surface area (TPSA) is 64.3 Å². The molecule has 0 aromatic heterocycles. The van der Waals surface area contributed by atoms with E-state index in [0.29, 0.717) is 11.8 Å². The molecule has 0 heterocycles. The zero-order valence-corrected chi connectivity index (χ0v) is 12.0. The standard InChI is InChI=1S/C15H24N2O2/c1-11(2)4-5-12(3)17-13-6-8-14(9-7-13)19-10-15(16)18/h6-9,11-12,17H,4-5,10H2,1-3H3,(H2,16,18). The minimum Gasteiger partial charge on any atom is -0.484 e. The smallest absolute Gasteiger partial charge is 0.255 e. The average molecular weight is 264 g/mol. The molecule has 1 aromatic rings. The van der Waals surface area contributed by atoms with E-state index in [4.69, 9.17) is 10.5 Å². The van der Waals surface area contributed by atoms with Crippen LogP contribution in [0.4, 0.5) is 5.69 Å². The number of hydrogen-bond acceptors (Lipinski definition) is 3. The highest BCUT2D eigenvalue weighted by molar-refractivity contribution is 5.75. The molecular weight excluding hydrogens is 240 g/mol. The first-order valence-corrected chi connectivity index (χ1v) is 6.75. The van der Waals surface area contributed by atoms with Crippen molar-refractivity contribution in [2.75, 3.05) is 11.9 Å². The van der Waals surface area contributed by atoms with Gasteiger partial charge in [0.2, 0.25) is 0 Å². The summed E-state index contributed by atoms with van der Waals surface area (Å²) < 4.78 is 5.20. The summed E-state index contributed by atoms with van der Waals surface area (Å²) in [5.41, 5.74) is 6.08. The third kappa shape index (κ3) is 6.70. The minimum atomic E-state index is -0.468. The van der Waals surface area contributed by atoms with Crippen molar-refractivity contribution in [1.82, 2.24) is 0 Å². The highest BCUT2D eigenvalue weighted by Gasteiger charge is 2.04. The third-order valence-corrected chi connectivity index (χ3v) is 2.83. The Kier molecular flexibility index (Phi) is 6.19. The Morgan fingerprint density at radius 2 is 1.84 bits per heavy atom. The second-order valence-corrected chi connectivity index (χ2v) is 5.30. The SMILES string of the molecule is CC(C)CCC(C)Nc1ccc(OCC(N)=O)cc1. The maximum Gasteiger partial charge on any atom is 0.255 e. The highest BCUT2D eigenvalue weighted by atomic mass is 16.5. The lowest BCUT2D eigenvalue weighted by Crippen LogP contribution is -2.20. The Hall–Kier alpha value is -1.71. The van der Waals surface area contributed by atoms with Gasteiger partial charge in [0, 0.05) is 11.7 Å². The summed E-state index contributed by atoms with van der Waals surface area (Å²) in [5, 5.41) is 3.44. The monoisotopic (exact) mass is 264 g/mol. The molecule has 19 heavy (non-hydrogen) atoms. The summed E-state index contributed by atoms with van der Waals surface area (Å²) in [5.74, 6) is 0.914. The molecule has 1 amide bonds. The number of nitrogens with one attached hydrogen (secondary N) is 1. The van der Waals surface area contributed by atoms with Crippen LogP contribution in [0.5, 0.6) is 5.75 Å². The van der Waals surface area contributed by atoms with E-state index in [0.717, 1.165) is 18.0 Å². The van der Waals surface area contributed by atoms with E-state index in [-0.39, 0.29) is 6.61 Å². The van der Waals surface area contributed by atoms with E-state index >= 15 is 0 Å². The lowest BCUT2D eigenvalue weighted by atomic mass is 10.0. The van der Waals surface area contributed by atoms with Crippen LogP contribution in [-0.2, 0) is 4.79 Å². The van der Waals surface area contributed by atoms with E-state index < -0.39 is 5.91 Å². The number of carbonyl (C=O) groups excluding carboxylic acids is 1. The molecular formula is C15H24N2O2. The number of carbonyl (C=O) groups is 1. The van der Waals surface area contributed by atoms with Gasteiger partial charge in [-0.3, -0.25) is 4.79 Å². The molecule has 0 aliphatic heterocycles. The van der Waals surface area contributed by atoms with E-state index in [2.05, 4.69) is 26.1 Å². The molecule has 1 aromatic carbocycles. The van der Waals surface area contributed by atoms with Crippen molar-refractivity contribution in [2.24, 2.45) is 11.7 Å². The zero-order valence-electron chi connectivity index (χ0n) is 12.0. The number of anilines is 1. The molecule has 0 saturated heterocycles. The van der Waals surface area contributed by atoms with Crippen LogP contribution < -0.4 is 15.8 Å². The maximum atomic E-state index is 10.6. The lowest BCUT2D eigenvalue weighted by Gasteiger charge is -2.16. The molecule has 0 saturated carbocycles. The van der Waals surface area contributed by atoms with Crippen LogP contribution in [0.1, 0.15) is 33.6 Å². The number of benzene rings is 1. The Labute approximate surface area is 115 Å². The normalized spacial score (nSPS) is 12.2. The first-order valence-electron chi connectivity index (χ1n) is 6.75. The molecule has 0 aliphatic rings. The molecule has 0 aliphatic carbocycles. The third-order valence-electron chi connectivity index (χ3n) is 2.83. The fraction of sp³-hybridized carbons (Fsp3) is 0.533. The summed E-state index contributed by atoms with van der Waals surface area (Å²) in [6.45, 7) is 6.56. The van der Waals surface area contributed by atoms with Gasteiger partial charge in [-0.1, -0.05) is 13.8 Å². The molecule has 0 spiro atoms. The van der Waals surface area contributed by atoms with Gasteiger partial charge in [-0.15, -0.1) is 0 Å². The summed E-state index contributed by atoms with van der Waals surface area (Å²) in [4.78, 5) is 10.6. The number of ether oxygens (including phenoxy) is 1. The van der Waals surface area contributed by atoms with Gasteiger partial charge in [0.15, 0.2) is 6.61 Å². The average Bonchev–Trinajstić information content (AvgIpc) is 2.35. The van der Waals surface area contributed by atoms with Crippen molar-refractivity contribution in [3.63, 3.8) is 0 Å². The first kappa shape index (κ1) is 15.3. The highest BCUT2D eigenvalue weighted by Crippen LogP contribution is 2.17. The lowest BCUT2D eigenvalue weighted by molar-refractivity contribution is -0.119. The summed E-state index contributed by atoms with van der Waals surface area (Å²) in [6, 6.07) is 8.01. The molecule has 106 valence electrons. The van der Waals surface area contributed by atoms with Gasteiger partial charge >= 0.3 is 0 Å². The van der Waals surface area contributed by atoms with E-state index in [1.165, 1.54) is 6.42 Å². The quantitative estimate of drug-likeness (QED) is 0.759. The molecule has 0 radical (unpaired) electrons. The number of amides is 1. The fourth-order valence-corrected chi connectivity index (χ4v) is 1.74. The molecule has 1 rings (SSSR count). The van der Waals surface area contributed by atoms with Crippen molar-refractivity contribution >= 4 is 11.6 Å². The van der Waals surface area contributed by atoms with Crippen molar-refractivity contribution in [3.8, 4) is 5.75 Å². The largest absolute Gasteiger partial charge is 0.484 e. The Morgan fingerprint density at radius 1 is 1.21 bits per heavy atom. The summed E-state index contributed by atoms with van der Waals surface area (Å²) >= 11 is 0. The number of rotatable bonds is 8. The summed E-state index contributed by atoms with van der Waals surface area (Å²) in [6.07, 6.45) is 2.37. The van der Waals surface area contributed by atoms with Crippen LogP contribution >= 0.6 is 0 Å². The Morgan fingerprint density at radius 3 is 2.37 bits per heavy atom. The van der Waals surface area contributed by atoms with Gasteiger partial charge in [-0.25, -0.2) is 0 Å². The molecule has 1 unspecified atom stereocenters. The van der Waals surface area contributed by atoms with E-state index in [1.807, 2.05) is 24.3 Å². The van der Waals surface area contributed by atoms with E-state index in [9.17, 15) is 4.79 Å². The minimum absolute atomic E-state index is 0.0857. The molecule has 1 atom stereocenters. The van der Waals surface area contributed by atoms with E-state index in [1.54, 1.807) is 0 Å². The first-order chi connectivity index (χ1) is 8.97. The molecule has 3 N–H and O–H groups in total. The zero-order chi connectivity index (χ0) is 14.3. The fourth-order valence-electron chi connectivity index (χ4n) is 1.74. The van der Waals surface area contributed by atoms with Crippen LogP contribution in [0.3, 0.4) is 0 Å². The van der Waals surface area contributed by atoms with Crippen molar-refractivity contribution in [3.05, 3.63) is 24.3 Å². The predicted octanol–water partition coefficient (Wildman–Crippen LogP) is 2.79. The molecule has 4 heteroatoms. The van der Waals surface area contributed by atoms with Crippen LogP contribution in [0.15, 0.2) is 24.3 Å². The maximum absolute atomic E-state index is 10.6.